The summed E-state index contributed by atoms with van der Waals surface area (Å²) in [7, 11) is 0. The number of fused-ring (bicyclic) bond motifs is 3. The lowest BCUT2D eigenvalue weighted by atomic mass is 9.91. The van der Waals surface area contributed by atoms with E-state index in [0.717, 1.165) is 22.3 Å². The fraction of sp³-hybridized carbons (Fsp3) is 0.444. The molecule has 1 aliphatic heterocycles. The van der Waals surface area contributed by atoms with Crippen LogP contribution >= 0.6 is 0 Å². The fourth-order valence-electron chi connectivity index (χ4n) is 5.05. The van der Waals surface area contributed by atoms with Gasteiger partial charge in [-0.3, -0.25) is 4.79 Å². The van der Waals surface area contributed by atoms with Crippen molar-refractivity contribution in [2.75, 3.05) is 19.7 Å². The van der Waals surface area contributed by atoms with Gasteiger partial charge >= 0.3 is 12.1 Å². The number of carboxylic acid groups (broad SMARTS) is 1. The Bertz CT molecular complexity index is 1070. The van der Waals surface area contributed by atoms with E-state index in [1.807, 2.05) is 50.2 Å². The molecular formula is C27H32N2O6. The van der Waals surface area contributed by atoms with Gasteiger partial charge in [0.15, 0.2) is 5.60 Å². The van der Waals surface area contributed by atoms with E-state index < -0.39 is 29.6 Å². The molecule has 35 heavy (non-hydrogen) atoms. The van der Waals surface area contributed by atoms with Crippen LogP contribution in [0.3, 0.4) is 0 Å². The minimum atomic E-state index is -1.97. The number of carbonyl (C=O) groups is 3. The van der Waals surface area contributed by atoms with Crippen LogP contribution in [0.25, 0.3) is 11.1 Å². The molecule has 2 aliphatic rings. The fourth-order valence-corrected chi connectivity index (χ4v) is 5.05. The van der Waals surface area contributed by atoms with Gasteiger partial charge in [0.25, 0.3) is 0 Å². The molecule has 4 rings (SSSR count). The first kappa shape index (κ1) is 24.7. The monoisotopic (exact) mass is 480 g/mol. The number of nitrogens with zero attached hydrogens (tertiary/aromatic N) is 1. The standard InChI is InChI=1S/C27H32N2O6/c1-3-17(2)23(24(30)29-14-8-13-27(34,16-29)25(31)32)28-26(33)35-15-22-20-11-6-4-9-18(20)19-10-5-7-12-21(19)22/h4-7,9-12,17,22-23,34H,3,8,13-16H2,1-2H3,(H,28,33)(H,31,32)/t17-,23-,27?/m0/s1. The van der Waals surface area contributed by atoms with Gasteiger partial charge < -0.3 is 25.2 Å². The minimum absolute atomic E-state index is 0.0833. The van der Waals surface area contributed by atoms with Gasteiger partial charge in [0, 0.05) is 12.5 Å². The van der Waals surface area contributed by atoms with Crippen molar-refractivity contribution in [1.82, 2.24) is 10.2 Å². The first-order valence-electron chi connectivity index (χ1n) is 12.1. The van der Waals surface area contributed by atoms with Crippen molar-refractivity contribution in [2.45, 2.75) is 50.7 Å². The number of β-amino-alcohol motifs (C(OH)–C–C–N with tert-alkyl or cyclic N) is 1. The number of carboxylic acids is 1. The maximum atomic E-state index is 13.3. The van der Waals surface area contributed by atoms with E-state index in [1.165, 1.54) is 4.90 Å². The Labute approximate surface area is 204 Å². The average Bonchev–Trinajstić information content (AvgIpc) is 3.19. The van der Waals surface area contributed by atoms with Crippen molar-refractivity contribution in [3.63, 3.8) is 0 Å². The highest BCUT2D eigenvalue weighted by Crippen LogP contribution is 2.44. The molecule has 1 unspecified atom stereocenters. The third-order valence-electron chi connectivity index (χ3n) is 7.28. The Kier molecular flexibility index (Phi) is 7.12. The van der Waals surface area contributed by atoms with Gasteiger partial charge in [-0.15, -0.1) is 0 Å². The van der Waals surface area contributed by atoms with Gasteiger partial charge in [0.1, 0.15) is 12.6 Å². The van der Waals surface area contributed by atoms with E-state index in [1.54, 1.807) is 0 Å². The average molecular weight is 481 g/mol. The van der Waals surface area contributed by atoms with Gasteiger partial charge in [-0.05, 0) is 41.0 Å². The van der Waals surface area contributed by atoms with Gasteiger partial charge in [-0.1, -0.05) is 68.8 Å². The number of carbonyl (C=O) groups excluding carboxylic acids is 2. The smallest absolute Gasteiger partial charge is 0.407 e. The summed E-state index contributed by atoms with van der Waals surface area (Å²) in [6.45, 7) is 3.91. The summed E-state index contributed by atoms with van der Waals surface area (Å²) in [5.74, 6) is -2.06. The topological polar surface area (TPSA) is 116 Å². The van der Waals surface area contributed by atoms with Crippen LogP contribution in [0.5, 0.6) is 0 Å². The third kappa shape index (κ3) is 4.89. The molecule has 1 saturated heterocycles. The number of hydrogen-bond acceptors (Lipinski definition) is 5. The number of likely N-dealkylation sites (tertiary alicyclic amines) is 1. The number of alkyl carbamates (subject to hydrolysis) is 1. The van der Waals surface area contributed by atoms with Gasteiger partial charge in [-0.25, -0.2) is 9.59 Å². The number of benzene rings is 2. The molecule has 0 aromatic heterocycles. The largest absolute Gasteiger partial charge is 0.479 e. The number of aliphatic carboxylic acids is 1. The van der Waals surface area contributed by atoms with Gasteiger partial charge in [0.05, 0.1) is 6.54 Å². The molecule has 0 spiro atoms. The van der Waals surface area contributed by atoms with E-state index >= 15 is 0 Å². The Morgan fingerprint density at radius 3 is 2.29 bits per heavy atom. The summed E-state index contributed by atoms with van der Waals surface area (Å²) in [5.41, 5.74) is 2.47. The number of ether oxygens (including phenoxy) is 1. The minimum Gasteiger partial charge on any atom is -0.479 e. The van der Waals surface area contributed by atoms with E-state index in [2.05, 4.69) is 17.4 Å². The molecule has 1 fully saturated rings. The molecule has 0 bridgehead atoms. The number of rotatable bonds is 7. The van der Waals surface area contributed by atoms with Crippen molar-refractivity contribution < 1.29 is 29.3 Å². The third-order valence-corrected chi connectivity index (χ3v) is 7.28. The summed E-state index contributed by atoms with van der Waals surface area (Å²) in [4.78, 5) is 38.9. The Morgan fingerprint density at radius 1 is 1.11 bits per heavy atom. The van der Waals surface area contributed by atoms with Crippen molar-refractivity contribution in [1.29, 1.82) is 0 Å². The van der Waals surface area contributed by atoms with Crippen LogP contribution < -0.4 is 5.32 Å². The molecule has 1 heterocycles. The second-order valence-corrected chi connectivity index (χ2v) is 9.53. The summed E-state index contributed by atoms with van der Waals surface area (Å²) < 4.78 is 5.62. The normalized spacial score (nSPS) is 20.9. The second kappa shape index (κ2) is 10.1. The molecule has 8 nitrogen and oxygen atoms in total. The molecule has 8 heteroatoms. The van der Waals surface area contributed by atoms with Crippen LogP contribution in [0, 0.1) is 5.92 Å². The van der Waals surface area contributed by atoms with Crippen LogP contribution in [0.4, 0.5) is 4.79 Å². The van der Waals surface area contributed by atoms with Gasteiger partial charge in [-0.2, -0.15) is 0 Å². The molecule has 186 valence electrons. The van der Waals surface area contributed by atoms with Crippen molar-refractivity contribution in [3.05, 3.63) is 59.7 Å². The molecule has 3 atom stereocenters. The molecule has 3 N–H and O–H groups in total. The molecule has 0 radical (unpaired) electrons. The van der Waals surface area contributed by atoms with E-state index in [-0.39, 0.29) is 31.4 Å². The summed E-state index contributed by atoms with van der Waals surface area (Å²) >= 11 is 0. The van der Waals surface area contributed by atoms with E-state index in [0.29, 0.717) is 19.4 Å². The lowest BCUT2D eigenvalue weighted by molar-refractivity contribution is -0.167. The summed E-state index contributed by atoms with van der Waals surface area (Å²) in [6.07, 6.45) is 0.375. The quantitative estimate of drug-likeness (QED) is 0.560. The number of aliphatic hydroxyl groups is 1. The highest BCUT2D eigenvalue weighted by molar-refractivity contribution is 5.87. The van der Waals surface area contributed by atoms with Crippen molar-refractivity contribution in [2.24, 2.45) is 5.92 Å². The predicted octanol–water partition coefficient (Wildman–Crippen LogP) is 3.38. The maximum Gasteiger partial charge on any atom is 0.407 e. The SMILES string of the molecule is CC[C@H](C)[C@H](NC(=O)OCC1c2ccccc2-c2ccccc21)C(=O)N1CCCC(O)(C(=O)O)C1. The predicted molar refractivity (Wildman–Crippen MR) is 130 cm³/mol. The number of amides is 2. The molecular weight excluding hydrogens is 448 g/mol. The molecule has 2 aromatic carbocycles. The van der Waals surface area contributed by atoms with Crippen molar-refractivity contribution >= 4 is 18.0 Å². The zero-order valence-electron chi connectivity index (χ0n) is 20.1. The van der Waals surface area contributed by atoms with Crippen LogP contribution in [0.1, 0.15) is 50.2 Å². The zero-order valence-corrected chi connectivity index (χ0v) is 20.1. The van der Waals surface area contributed by atoms with Crippen LogP contribution in [0.15, 0.2) is 48.5 Å². The van der Waals surface area contributed by atoms with Crippen LogP contribution in [0.2, 0.25) is 0 Å². The Balaban J connectivity index is 1.44. The molecule has 1 aliphatic carbocycles. The molecule has 0 saturated carbocycles. The van der Waals surface area contributed by atoms with E-state index in [9.17, 15) is 24.6 Å². The highest BCUT2D eigenvalue weighted by Gasteiger charge is 2.43. The number of nitrogens with one attached hydrogen (secondary N) is 1. The highest BCUT2D eigenvalue weighted by atomic mass is 16.5. The van der Waals surface area contributed by atoms with E-state index in [4.69, 9.17) is 4.74 Å². The number of piperidine rings is 1. The first-order chi connectivity index (χ1) is 16.7. The van der Waals surface area contributed by atoms with Crippen molar-refractivity contribution in [3.8, 4) is 11.1 Å². The molecule has 2 aromatic rings. The summed E-state index contributed by atoms with van der Waals surface area (Å²) in [5, 5.41) is 22.5. The maximum absolute atomic E-state index is 13.3. The first-order valence-corrected chi connectivity index (χ1v) is 12.1. The van der Waals surface area contributed by atoms with Crippen LogP contribution in [-0.4, -0.2) is 64.4 Å². The summed E-state index contributed by atoms with van der Waals surface area (Å²) in [6, 6.07) is 15.2. The lowest BCUT2D eigenvalue weighted by Gasteiger charge is -2.38. The van der Waals surface area contributed by atoms with Gasteiger partial charge in [0.2, 0.25) is 5.91 Å². The van der Waals surface area contributed by atoms with Crippen LogP contribution in [-0.2, 0) is 14.3 Å². The number of hydrogen-bond donors (Lipinski definition) is 3. The zero-order chi connectivity index (χ0) is 25.2. The Hall–Kier alpha value is -3.39. The molecule has 2 amide bonds. The second-order valence-electron chi connectivity index (χ2n) is 9.53. The lowest BCUT2D eigenvalue weighted by Crippen LogP contribution is -2.59. The Morgan fingerprint density at radius 2 is 1.71 bits per heavy atom.